The molecule has 0 aliphatic rings. The molecule has 0 radical (unpaired) electrons. The molecule has 0 heterocycles. The van der Waals surface area contributed by atoms with Crippen LogP contribution in [0.2, 0.25) is 0 Å². The third kappa shape index (κ3) is 3.76. The van der Waals surface area contributed by atoms with E-state index in [1.165, 1.54) is 0 Å². The minimum Gasteiger partial charge on any atom is -0.296 e. The molecule has 0 bridgehead atoms. The number of hydrogen-bond donors (Lipinski definition) is 0. The van der Waals surface area contributed by atoms with Crippen LogP contribution in [0.5, 0.6) is 0 Å². The van der Waals surface area contributed by atoms with Crippen LogP contribution in [0.4, 0.5) is 4.39 Å². The molecule has 0 saturated carbocycles. The molecule has 1 atom stereocenters. The molecule has 0 spiro atoms. The second-order valence-corrected chi connectivity index (χ2v) is 4.35. The van der Waals surface area contributed by atoms with E-state index in [1.54, 1.807) is 24.3 Å². The average molecular weight is 250 g/mol. The molecule has 0 saturated heterocycles. The molecule has 0 N–H and O–H groups in total. The molecule has 0 aromatic heterocycles. The maximum absolute atomic E-state index is 13.7. The molecule has 98 valence electrons. The van der Waals surface area contributed by atoms with Gasteiger partial charge >= 0.3 is 0 Å². The van der Waals surface area contributed by atoms with Crippen LogP contribution in [0.25, 0.3) is 0 Å². The van der Waals surface area contributed by atoms with Crippen LogP contribution in [-0.2, 0) is 11.2 Å². The van der Waals surface area contributed by atoms with Crippen molar-refractivity contribution in [3.8, 4) is 0 Å². The van der Waals surface area contributed by atoms with Gasteiger partial charge in [-0.15, -0.1) is 0 Å². The van der Waals surface area contributed by atoms with Crippen LogP contribution in [0.15, 0.2) is 24.3 Å². The Morgan fingerprint density at radius 2 is 1.78 bits per heavy atom. The first-order chi connectivity index (χ1) is 8.60. The second-order valence-electron chi connectivity index (χ2n) is 4.35. The molecular formula is C15H19FO2. The Morgan fingerprint density at radius 3 is 2.28 bits per heavy atom. The standard InChI is InChI=1S/C15H19FO2/c1-3-5-6-13(17)14(16)15(18)12-9-7-11(4-2)8-10-12/h7-10,14H,3-6H2,1-2H3. The number of halogens is 1. The van der Waals surface area contributed by atoms with E-state index >= 15 is 0 Å². The summed E-state index contributed by atoms with van der Waals surface area (Å²) >= 11 is 0. The lowest BCUT2D eigenvalue weighted by atomic mass is 10.00. The maximum Gasteiger partial charge on any atom is 0.220 e. The van der Waals surface area contributed by atoms with E-state index in [1.807, 2.05) is 13.8 Å². The van der Waals surface area contributed by atoms with Gasteiger partial charge in [0.1, 0.15) is 0 Å². The number of Topliss-reactive ketones (excluding diaryl/α,β-unsaturated/α-hetero) is 2. The van der Waals surface area contributed by atoms with E-state index in [0.29, 0.717) is 6.42 Å². The molecule has 1 unspecified atom stereocenters. The molecule has 0 fully saturated rings. The van der Waals surface area contributed by atoms with Crippen LogP contribution in [0.3, 0.4) is 0 Å². The Hall–Kier alpha value is -1.51. The number of benzene rings is 1. The monoisotopic (exact) mass is 250 g/mol. The Labute approximate surface area is 107 Å². The quantitative estimate of drug-likeness (QED) is 0.548. The SMILES string of the molecule is CCCCC(=O)C(F)C(=O)c1ccc(CC)cc1. The summed E-state index contributed by atoms with van der Waals surface area (Å²) < 4.78 is 13.7. The summed E-state index contributed by atoms with van der Waals surface area (Å²) in [6, 6.07) is 6.74. The fourth-order valence-electron chi connectivity index (χ4n) is 1.67. The predicted molar refractivity (Wildman–Crippen MR) is 69.6 cm³/mol. The topological polar surface area (TPSA) is 34.1 Å². The molecule has 0 aliphatic carbocycles. The maximum atomic E-state index is 13.7. The molecule has 2 nitrogen and oxygen atoms in total. The van der Waals surface area contributed by atoms with Crippen molar-refractivity contribution in [3.63, 3.8) is 0 Å². The molecule has 0 aliphatic heterocycles. The van der Waals surface area contributed by atoms with Crippen LogP contribution in [-0.4, -0.2) is 17.7 Å². The highest BCUT2D eigenvalue weighted by atomic mass is 19.1. The third-order valence-corrected chi connectivity index (χ3v) is 2.94. The van der Waals surface area contributed by atoms with Crippen LogP contribution in [0.1, 0.15) is 49.0 Å². The molecule has 0 amide bonds. The zero-order valence-electron chi connectivity index (χ0n) is 10.9. The van der Waals surface area contributed by atoms with Crippen molar-refractivity contribution < 1.29 is 14.0 Å². The number of alkyl halides is 1. The summed E-state index contributed by atoms with van der Waals surface area (Å²) in [6.07, 6.45) is 0.433. The van der Waals surface area contributed by atoms with Crippen molar-refractivity contribution in [2.24, 2.45) is 0 Å². The van der Waals surface area contributed by atoms with Gasteiger partial charge < -0.3 is 0 Å². The zero-order valence-corrected chi connectivity index (χ0v) is 10.9. The Morgan fingerprint density at radius 1 is 1.17 bits per heavy atom. The summed E-state index contributed by atoms with van der Waals surface area (Å²) in [4.78, 5) is 23.2. The van der Waals surface area contributed by atoms with Crippen molar-refractivity contribution in [1.29, 1.82) is 0 Å². The highest BCUT2D eigenvalue weighted by Crippen LogP contribution is 2.12. The Balaban J connectivity index is 2.70. The van der Waals surface area contributed by atoms with E-state index in [-0.39, 0.29) is 12.0 Å². The van der Waals surface area contributed by atoms with E-state index in [9.17, 15) is 14.0 Å². The van der Waals surface area contributed by atoms with Gasteiger partial charge in [0.05, 0.1) is 0 Å². The summed E-state index contributed by atoms with van der Waals surface area (Å²) in [5.74, 6) is -1.33. The first-order valence-corrected chi connectivity index (χ1v) is 6.40. The van der Waals surface area contributed by atoms with Crippen LogP contribution >= 0.6 is 0 Å². The molecule has 1 aromatic carbocycles. The van der Waals surface area contributed by atoms with Crippen molar-refractivity contribution in [1.82, 2.24) is 0 Å². The molecule has 3 heteroatoms. The van der Waals surface area contributed by atoms with Gasteiger partial charge in [0.15, 0.2) is 5.78 Å². The first-order valence-electron chi connectivity index (χ1n) is 6.40. The fourth-order valence-corrected chi connectivity index (χ4v) is 1.67. The molecule has 18 heavy (non-hydrogen) atoms. The number of hydrogen-bond acceptors (Lipinski definition) is 2. The van der Waals surface area contributed by atoms with E-state index < -0.39 is 17.7 Å². The number of unbranched alkanes of at least 4 members (excludes halogenated alkanes) is 1. The van der Waals surface area contributed by atoms with Crippen molar-refractivity contribution >= 4 is 11.6 Å². The first kappa shape index (κ1) is 14.6. The minimum absolute atomic E-state index is 0.135. The van der Waals surface area contributed by atoms with Crippen LogP contribution < -0.4 is 0 Å². The Kier molecular flexibility index (Phi) is 5.69. The van der Waals surface area contributed by atoms with Crippen molar-refractivity contribution in [2.45, 2.75) is 45.7 Å². The second kappa shape index (κ2) is 7.04. The van der Waals surface area contributed by atoms with Gasteiger partial charge in [-0.25, -0.2) is 4.39 Å². The van der Waals surface area contributed by atoms with Gasteiger partial charge in [-0.1, -0.05) is 44.5 Å². The molecule has 1 aromatic rings. The lowest BCUT2D eigenvalue weighted by molar-refractivity contribution is -0.122. The number of ketones is 2. The molecular weight excluding hydrogens is 231 g/mol. The largest absolute Gasteiger partial charge is 0.296 e. The highest BCUT2D eigenvalue weighted by molar-refractivity contribution is 6.13. The summed E-state index contributed by atoms with van der Waals surface area (Å²) in [5.41, 5.74) is 1.35. The number of aryl methyl sites for hydroxylation is 1. The average Bonchev–Trinajstić information content (AvgIpc) is 2.43. The number of rotatable bonds is 7. The van der Waals surface area contributed by atoms with Crippen molar-refractivity contribution in [2.75, 3.05) is 0 Å². The normalized spacial score (nSPS) is 12.2. The lowest BCUT2D eigenvalue weighted by Gasteiger charge is -2.06. The summed E-state index contributed by atoms with van der Waals surface area (Å²) in [5, 5.41) is 0. The number of carbonyl (C=O) groups is 2. The van der Waals surface area contributed by atoms with Gasteiger partial charge in [0.2, 0.25) is 12.0 Å². The van der Waals surface area contributed by atoms with Crippen molar-refractivity contribution in [3.05, 3.63) is 35.4 Å². The summed E-state index contributed by atoms with van der Waals surface area (Å²) in [7, 11) is 0. The smallest absolute Gasteiger partial charge is 0.220 e. The predicted octanol–water partition coefficient (Wildman–Crippen LogP) is 3.53. The zero-order chi connectivity index (χ0) is 13.5. The van der Waals surface area contributed by atoms with Crippen LogP contribution in [0, 0.1) is 0 Å². The van der Waals surface area contributed by atoms with E-state index in [0.717, 1.165) is 18.4 Å². The molecule has 1 rings (SSSR count). The lowest BCUT2D eigenvalue weighted by Crippen LogP contribution is -2.25. The minimum atomic E-state index is -2.01. The highest BCUT2D eigenvalue weighted by Gasteiger charge is 2.26. The van der Waals surface area contributed by atoms with E-state index in [2.05, 4.69) is 0 Å². The van der Waals surface area contributed by atoms with Gasteiger partial charge in [-0.3, -0.25) is 9.59 Å². The number of carbonyl (C=O) groups excluding carboxylic acids is 2. The fraction of sp³-hybridized carbons (Fsp3) is 0.467. The van der Waals surface area contributed by atoms with Gasteiger partial charge in [0, 0.05) is 12.0 Å². The van der Waals surface area contributed by atoms with Gasteiger partial charge in [-0.05, 0) is 18.4 Å². The summed E-state index contributed by atoms with van der Waals surface area (Å²) in [6.45, 7) is 3.93. The van der Waals surface area contributed by atoms with Gasteiger partial charge in [-0.2, -0.15) is 0 Å². The Bertz CT molecular complexity index is 409. The third-order valence-electron chi connectivity index (χ3n) is 2.94. The van der Waals surface area contributed by atoms with E-state index in [4.69, 9.17) is 0 Å². The van der Waals surface area contributed by atoms with Gasteiger partial charge in [0.25, 0.3) is 0 Å².